The first-order valence-corrected chi connectivity index (χ1v) is 23.4. The number of nitrogens with zero attached hydrogens (tertiary/aromatic N) is 10. The molecule has 20 heteroatoms. The maximum absolute atomic E-state index is 6.25. The predicted octanol–water partition coefficient (Wildman–Crippen LogP) is 11.6. The Labute approximate surface area is 423 Å². The van der Waals surface area contributed by atoms with Gasteiger partial charge in [0, 0.05) is 81.4 Å². The van der Waals surface area contributed by atoms with Gasteiger partial charge >= 0.3 is 0 Å². The van der Waals surface area contributed by atoms with E-state index < -0.39 is 0 Å². The van der Waals surface area contributed by atoms with Gasteiger partial charge in [-0.1, -0.05) is 44.2 Å². The van der Waals surface area contributed by atoms with Gasteiger partial charge in [0.25, 0.3) is 0 Å². The number of benzene rings is 2. The number of hydrogen-bond acceptors (Lipinski definition) is 15. The lowest BCUT2D eigenvalue weighted by Gasteiger charge is -2.10. The average molecular weight is 1000 g/mol. The van der Waals surface area contributed by atoms with Crippen molar-refractivity contribution in [2.75, 3.05) is 31.4 Å². The summed E-state index contributed by atoms with van der Waals surface area (Å²) in [6, 6.07) is 12.2. The Bertz CT molecular complexity index is 3530. The monoisotopic (exact) mass is 1000 g/mol. The lowest BCUT2D eigenvalue weighted by Crippen LogP contribution is -2.06. The zero-order valence-electron chi connectivity index (χ0n) is 39.8. The Morgan fingerprint density at radius 2 is 1.11 bits per heavy atom. The van der Waals surface area contributed by atoms with Gasteiger partial charge in [0.1, 0.15) is 45.3 Å². The van der Waals surface area contributed by atoms with E-state index in [4.69, 9.17) is 52.4 Å². The summed E-state index contributed by atoms with van der Waals surface area (Å²) in [5.41, 5.74) is 30.2. The molecule has 8 heterocycles. The van der Waals surface area contributed by atoms with E-state index in [0.717, 1.165) is 108 Å². The van der Waals surface area contributed by atoms with Crippen LogP contribution in [0.1, 0.15) is 119 Å². The molecule has 2 aromatic carbocycles. The minimum Gasteiger partial charge on any atom is -0.496 e. The van der Waals surface area contributed by atoms with Gasteiger partial charge in [0.05, 0.1) is 59.2 Å². The summed E-state index contributed by atoms with van der Waals surface area (Å²) in [6.45, 7) is 13.5. The number of nitrogens with one attached hydrogen (secondary N) is 2. The fourth-order valence-electron chi connectivity index (χ4n) is 9.23. The average Bonchev–Trinajstić information content (AvgIpc) is 4.11. The third-order valence-corrected chi connectivity index (χ3v) is 13.1. The van der Waals surface area contributed by atoms with E-state index in [-0.39, 0.29) is 34.2 Å². The van der Waals surface area contributed by atoms with E-state index in [9.17, 15) is 0 Å². The summed E-state index contributed by atoms with van der Waals surface area (Å²) in [6.07, 6.45) is 5.65. The number of H-pyrrole nitrogens is 2. The van der Waals surface area contributed by atoms with E-state index in [1.165, 1.54) is 37.1 Å². The van der Waals surface area contributed by atoms with Gasteiger partial charge in [-0.15, -0.1) is 0 Å². The number of fused-ring (bicyclic) bond motifs is 6. The summed E-state index contributed by atoms with van der Waals surface area (Å²) in [7, 11) is 3.29. The van der Waals surface area contributed by atoms with Crippen LogP contribution >= 0.6 is 11.6 Å². The topological polar surface area (TPSA) is 267 Å². The van der Waals surface area contributed by atoms with Gasteiger partial charge in [-0.05, 0) is 97.6 Å². The largest absolute Gasteiger partial charge is 0.496 e. The molecule has 2 fully saturated rings. The summed E-state index contributed by atoms with van der Waals surface area (Å²) < 4.78 is 26.0. The zero-order chi connectivity index (χ0) is 48.4. The fraction of sp³-hybridized carbons (Fsp3) is 0.385. The van der Waals surface area contributed by atoms with E-state index >= 15 is 0 Å². The Kier molecular flexibility index (Phi) is 14.9. The van der Waals surface area contributed by atoms with Crippen LogP contribution in [0.2, 0.25) is 5.15 Å². The van der Waals surface area contributed by atoms with E-state index in [2.05, 4.69) is 76.0 Å². The van der Waals surface area contributed by atoms with Gasteiger partial charge < -0.3 is 45.7 Å². The van der Waals surface area contributed by atoms with Crippen molar-refractivity contribution < 1.29 is 18.5 Å². The minimum atomic E-state index is 0. The van der Waals surface area contributed by atoms with Crippen LogP contribution in [0.4, 0.5) is 17.7 Å². The van der Waals surface area contributed by atoms with Crippen molar-refractivity contribution in [2.45, 2.75) is 121 Å². The van der Waals surface area contributed by atoms with E-state index in [0.29, 0.717) is 45.8 Å². The number of rotatable bonds is 10. The smallest absolute Gasteiger partial charge is 0.223 e. The summed E-state index contributed by atoms with van der Waals surface area (Å²) in [5, 5.41) is 21.1. The van der Waals surface area contributed by atoms with Crippen molar-refractivity contribution in [3.8, 4) is 33.8 Å². The molecule has 0 saturated heterocycles. The van der Waals surface area contributed by atoms with Crippen LogP contribution in [-0.4, -0.2) is 74.0 Å². The molecule has 0 unspecified atom stereocenters. The standard InChI is InChI=1S/C25H27N7O2.C16H14ClN5O2.C8H13N3.3CH4/c1-5-32-15(8-18(30-32)14-6-7-14)9-20-23-16-11-21(33-4)17(22-12(2)31-34-13(22)3)10-19(16)27-24(23)29-25(26)28-20;1-6-12(7(2)24-22-6)9-4-10-8(5-11(9)23-3)13-14(17)20-16(18)21-15(13)19-10;1-2-11-8(9)5-7(10-11)6-3-4-6;;;/h8,10-11,14H,5-7,9H2,1-4H3,(H3,26,27,28,29);4-5H,1-3H3,(H3,18,19,20,21);5-6H,2-4,9H2,1H3;3*1H4. The summed E-state index contributed by atoms with van der Waals surface area (Å²) in [4.78, 5) is 24.1. The minimum absolute atomic E-state index is 0. The third kappa shape index (κ3) is 9.59. The molecular weight excluding hydrogens is 934 g/mol. The predicted molar refractivity (Wildman–Crippen MR) is 287 cm³/mol. The molecule has 2 saturated carbocycles. The number of ether oxygens (including phenoxy) is 2. The molecule has 2 aliphatic rings. The van der Waals surface area contributed by atoms with E-state index in [1.54, 1.807) is 14.2 Å². The number of aromatic nitrogens is 12. The molecule has 0 atom stereocenters. The molecule has 8 N–H and O–H groups in total. The molecule has 10 aromatic rings. The highest BCUT2D eigenvalue weighted by Crippen LogP contribution is 2.44. The number of nitrogen functional groups attached to an aromatic ring is 3. The van der Waals surface area contributed by atoms with Crippen LogP contribution in [0.15, 0.2) is 45.4 Å². The highest BCUT2D eigenvalue weighted by Gasteiger charge is 2.29. The van der Waals surface area contributed by atoms with Crippen molar-refractivity contribution in [3.63, 3.8) is 0 Å². The molecule has 0 radical (unpaired) electrons. The van der Waals surface area contributed by atoms with Crippen LogP contribution in [-0.2, 0) is 19.5 Å². The first-order valence-electron chi connectivity index (χ1n) is 23.0. The van der Waals surface area contributed by atoms with Crippen molar-refractivity contribution in [3.05, 3.63) is 87.2 Å². The van der Waals surface area contributed by atoms with Crippen LogP contribution in [0.5, 0.6) is 11.5 Å². The Balaban J connectivity index is 0.000000174. The molecule has 72 heavy (non-hydrogen) atoms. The van der Waals surface area contributed by atoms with Gasteiger partial charge in [-0.3, -0.25) is 9.36 Å². The van der Waals surface area contributed by atoms with Gasteiger partial charge in [0.15, 0.2) is 0 Å². The second-order valence-corrected chi connectivity index (χ2v) is 18.0. The number of aromatic amines is 2. The fourth-order valence-corrected chi connectivity index (χ4v) is 9.51. The molecule has 19 nitrogen and oxygen atoms in total. The first kappa shape index (κ1) is 52.2. The lowest BCUT2D eigenvalue weighted by atomic mass is 10.00. The second kappa shape index (κ2) is 20.6. The number of anilines is 3. The van der Waals surface area contributed by atoms with E-state index in [1.807, 2.05) is 56.6 Å². The van der Waals surface area contributed by atoms with Crippen LogP contribution in [0.25, 0.3) is 66.1 Å². The number of nitrogens with two attached hydrogens (primary N) is 3. The molecule has 0 amide bonds. The lowest BCUT2D eigenvalue weighted by molar-refractivity contribution is 0.393. The number of aryl methyl sites for hydroxylation is 6. The number of hydrogen-bond donors (Lipinski definition) is 5. The molecule has 380 valence electrons. The zero-order valence-corrected chi connectivity index (χ0v) is 40.5. The molecule has 8 aromatic heterocycles. The Morgan fingerprint density at radius 1 is 0.639 bits per heavy atom. The second-order valence-electron chi connectivity index (χ2n) is 17.6. The van der Waals surface area contributed by atoms with Crippen molar-refractivity contribution in [1.82, 2.24) is 59.8 Å². The van der Waals surface area contributed by atoms with Crippen LogP contribution < -0.4 is 26.7 Å². The molecule has 2 aliphatic carbocycles. The third-order valence-electron chi connectivity index (χ3n) is 12.9. The van der Waals surface area contributed by atoms with Crippen molar-refractivity contribution >= 4 is 73.2 Å². The molecule has 12 rings (SSSR count). The van der Waals surface area contributed by atoms with Crippen molar-refractivity contribution in [2.24, 2.45) is 0 Å². The normalized spacial score (nSPS) is 13.0. The summed E-state index contributed by atoms with van der Waals surface area (Å²) >= 11 is 6.25. The molecule has 0 aliphatic heterocycles. The maximum Gasteiger partial charge on any atom is 0.223 e. The highest BCUT2D eigenvalue weighted by atomic mass is 35.5. The van der Waals surface area contributed by atoms with Gasteiger partial charge in [0.2, 0.25) is 11.9 Å². The highest BCUT2D eigenvalue weighted by molar-refractivity contribution is 6.36. The quantitative estimate of drug-likeness (QED) is 0.0797. The number of halogens is 1. The SMILES string of the molecule is C.C.C.CCn1nc(C2CC2)cc1Cc1nc(N)nc2[nH]c3cc(-c4c(C)noc4C)c(OC)cc3c12.CCn1nc(C2CC2)cc1N.COc1cc2c(cc1-c1c(C)noc1C)[nH]c1nc(N)nc(Cl)c12. The van der Waals surface area contributed by atoms with Crippen molar-refractivity contribution in [1.29, 1.82) is 0 Å². The van der Waals surface area contributed by atoms with Crippen LogP contribution in [0.3, 0.4) is 0 Å². The Hall–Kier alpha value is -7.67. The van der Waals surface area contributed by atoms with Gasteiger partial charge in [-0.25, -0.2) is 9.97 Å². The Morgan fingerprint density at radius 3 is 1.57 bits per heavy atom. The summed E-state index contributed by atoms with van der Waals surface area (Å²) in [5.74, 6) is 5.38. The maximum atomic E-state index is 6.25. The first-order chi connectivity index (χ1) is 33.3. The number of methoxy groups -OCH3 is 2. The molecule has 0 bridgehead atoms. The van der Waals surface area contributed by atoms with Crippen LogP contribution in [0, 0.1) is 27.7 Å². The molecular formula is C52H66ClN15O4. The van der Waals surface area contributed by atoms with Gasteiger partial charge in [-0.2, -0.15) is 20.2 Å². The molecule has 0 spiro atoms.